The van der Waals surface area contributed by atoms with Gasteiger partial charge in [-0.05, 0) is 31.7 Å². The predicted octanol–water partition coefficient (Wildman–Crippen LogP) is 2.21. The van der Waals surface area contributed by atoms with Gasteiger partial charge in [0.2, 0.25) is 5.88 Å². The molecule has 0 fully saturated rings. The Morgan fingerprint density at radius 3 is 3.06 bits per heavy atom. The fraction of sp³-hybridized carbons (Fsp3) is 0.429. The Balaban J connectivity index is 1.85. The van der Waals surface area contributed by atoms with E-state index in [1.54, 1.807) is 7.11 Å². The molecule has 2 aromatic heterocycles. The molecule has 18 heavy (non-hydrogen) atoms. The number of aromatic nitrogens is 3. The van der Waals surface area contributed by atoms with E-state index in [-0.39, 0.29) is 0 Å². The third-order valence-electron chi connectivity index (χ3n) is 3.43. The molecule has 94 valence electrons. The molecule has 0 aliphatic heterocycles. The van der Waals surface area contributed by atoms with Gasteiger partial charge in [0, 0.05) is 11.8 Å². The first-order valence-electron chi connectivity index (χ1n) is 6.39. The third kappa shape index (κ3) is 2.10. The molecule has 3 rings (SSSR count). The van der Waals surface area contributed by atoms with Crippen LogP contribution in [0.4, 0.5) is 0 Å². The lowest BCUT2D eigenvalue weighted by atomic mass is 10.0. The number of pyridine rings is 1. The Labute approximate surface area is 107 Å². The van der Waals surface area contributed by atoms with Gasteiger partial charge in [0.15, 0.2) is 0 Å². The van der Waals surface area contributed by atoms with E-state index < -0.39 is 0 Å². The maximum Gasteiger partial charge on any atom is 0.213 e. The van der Waals surface area contributed by atoms with Crippen LogP contribution in [-0.2, 0) is 19.4 Å². The van der Waals surface area contributed by atoms with Crippen LogP contribution in [0.15, 0.2) is 24.5 Å². The van der Waals surface area contributed by atoms with Crippen LogP contribution in [0.2, 0.25) is 0 Å². The van der Waals surface area contributed by atoms with E-state index >= 15 is 0 Å². The van der Waals surface area contributed by atoms with E-state index in [0.29, 0.717) is 5.88 Å². The number of methoxy groups -OCH3 is 1. The van der Waals surface area contributed by atoms with Crippen molar-refractivity contribution in [1.29, 1.82) is 0 Å². The summed E-state index contributed by atoms with van der Waals surface area (Å²) in [5.74, 6) is 0.668. The molecule has 2 aromatic rings. The Kier molecular flexibility index (Phi) is 3.00. The van der Waals surface area contributed by atoms with Crippen LogP contribution in [0.25, 0.3) is 0 Å². The van der Waals surface area contributed by atoms with E-state index in [0.717, 1.165) is 25.1 Å². The summed E-state index contributed by atoms with van der Waals surface area (Å²) < 4.78 is 7.37. The summed E-state index contributed by atoms with van der Waals surface area (Å²) in [6.45, 7) is 0.777. The van der Waals surface area contributed by atoms with Crippen LogP contribution in [0.5, 0.6) is 5.88 Å². The van der Waals surface area contributed by atoms with Crippen LogP contribution in [0, 0.1) is 0 Å². The minimum atomic E-state index is 0.668. The van der Waals surface area contributed by atoms with Crippen molar-refractivity contribution < 1.29 is 4.74 Å². The van der Waals surface area contributed by atoms with Crippen molar-refractivity contribution in [2.75, 3.05) is 7.11 Å². The van der Waals surface area contributed by atoms with Crippen molar-refractivity contribution in [2.24, 2.45) is 0 Å². The number of rotatable bonds is 3. The molecule has 0 atom stereocenters. The Morgan fingerprint density at radius 1 is 1.28 bits per heavy atom. The average Bonchev–Trinajstić information content (AvgIpc) is 2.83. The molecule has 0 saturated carbocycles. The molecule has 0 N–H and O–H groups in total. The second-order valence-corrected chi connectivity index (χ2v) is 4.64. The summed E-state index contributed by atoms with van der Waals surface area (Å²) in [6.07, 6.45) is 6.73. The molecule has 0 saturated heterocycles. The molecule has 1 aliphatic carbocycles. The topological polar surface area (TPSA) is 39.9 Å². The fourth-order valence-electron chi connectivity index (χ4n) is 2.50. The Bertz CT molecular complexity index is 548. The van der Waals surface area contributed by atoms with Gasteiger partial charge in [-0.2, -0.15) is 0 Å². The second-order valence-electron chi connectivity index (χ2n) is 4.64. The summed E-state index contributed by atoms with van der Waals surface area (Å²) in [7, 11) is 1.64. The van der Waals surface area contributed by atoms with Gasteiger partial charge in [-0.3, -0.25) is 0 Å². The zero-order valence-corrected chi connectivity index (χ0v) is 10.6. The van der Waals surface area contributed by atoms with Gasteiger partial charge in [0.25, 0.3) is 0 Å². The van der Waals surface area contributed by atoms with E-state index in [4.69, 9.17) is 4.74 Å². The van der Waals surface area contributed by atoms with Gasteiger partial charge in [-0.1, -0.05) is 6.07 Å². The number of imidazole rings is 1. The zero-order chi connectivity index (χ0) is 12.4. The molecule has 0 radical (unpaired) electrons. The van der Waals surface area contributed by atoms with Crippen LogP contribution >= 0.6 is 0 Å². The van der Waals surface area contributed by atoms with Crippen LogP contribution < -0.4 is 4.74 Å². The third-order valence-corrected chi connectivity index (χ3v) is 3.43. The Morgan fingerprint density at radius 2 is 2.17 bits per heavy atom. The first-order valence-corrected chi connectivity index (χ1v) is 6.39. The molecule has 0 bridgehead atoms. The highest BCUT2D eigenvalue weighted by atomic mass is 16.5. The van der Waals surface area contributed by atoms with Crippen molar-refractivity contribution in [3.8, 4) is 5.88 Å². The van der Waals surface area contributed by atoms with E-state index in [9.17, 15) is 0 Å². The number of hydrogen-bond donors (Lipinski definition) is 0. The van der Waals surface area contributed by atoms with Gasteiger partial charge in [-0.15, -0.1) is 0 Å². The normalized spacial score (nSPS) is 14.3. The lowest BCUT2D eigenvalue weighted by Gasteiger charge is -2.13. The summed E-state index contributed by atoms with van der Waals surface area (Å²) in [6, 6.07) is 5.87. The average molecular weight is 243 g/mol. The van der Waals surface area contributed by atoms with Crippen molar-refractivity contribution in [3.05, 3.63) is 41.6 Å². The smallest absolute Gasteiger partial charge is 0.213 e. The first kappa shape index (κ1) is 11.3. The van der Waals surface area contributed by atoms with Gasteiger partial charge in [0.05, 0.1) is 31.4 Å². The predicted molar refractivity (Wildman–Crippen MR) is 68.8 cm³/mol. The molecule has 4 heteroatoms. The van der Waals surface area contributed by atoms with Gasteiger partial charge < -0.3 is 9.30 Å². The van der Waals surface area contributed by atoms with E-state index in [2.05, 4.69) is 14.5 Å². The highest BCUT2D eigenvalue weighted by Crippen LogP contribution is 2.20. The number of hydrogen-bond acceptors (Lipinski definition) is 3. The lowest BCUT2D eigenvalue weighted by molar-refractivity contribution is 0.395. The molecular formula is C14H17N3O. The molecule has 1 aliphatic rings. The highest BCUT2D eigenvalue weighted by Gasteiger charge is 2.15. The summed E-state index contributed by atoms with van der Waals surface area (Å²) >= 11 is 0. The standard InChI is InChI=1S/C14H17N3O/c1-18-14-8-4-5-11(16-14)9-17-10-15-12-6-2-3-7-13(12)17/h4-5,8,10H,2-3,6-7,9H2,1H3. The van der Waals surface area contributed by atoms with Crippen LogP contribution in [-0.4, -0.2) is 21.6 Å². The monoisotopic (exact) mass is 243 g/mol. The number of fused-ring (bicyclic) bond motifs is 1. The molecule has 0 aromatic carbocycles. The largest absolute Gasteiger partial charge is 0.481 e. The van der Waals surface area contributed by atoms with Gasteiger partial charge in [0.1, 0.15) is 0 Å². The maximum atomic E-state index is 5.15. The molecule has 2 heterocycles. The summed E-state index contributed by atoms with van der Waals surface area (Å²) in [5, 5.41) is 0. The first-order chi connectivity index (χ1) is 8.86. The molecule has 4 nitrogen and oxygen atoms in total. The maximum absolute atomic E-state index is 5.15. The molecule has 0 amide bonds. The zero-order valence-electron chi connectivity index (χ0n) is 10.6. The summed E-state index contributed by atoms with van der Waals surface area (Å²) in [5.41, 5.74) is 3.66. The van der Waals surface area contributed by atoms with Gasteiger partial charge >= 0.3 is 0 Å². The highest BCUT2D eigenvalue weighted by molar-refractivity contribution is 5.20. The minimum absolute atomic E-state index is 0.668. The number of aryl methyl sites for hydroxylation is 1. The molecule has 0 unspecified atom stereocenters. The minimum Gasteiger partial charge on any atom is -0.481 e. The fourth-order valence-corrected chi connectivity index (χ4v) is 2.50. The van der Waals surface area contributed by atoms with Gasteiger partial charge in [-0.25, -0.2) is 9.97 Å². The Hall–Kier alpha value is -1.84. The van der Waals surface area contributed by atoms with Crippen LogP contribution in [0.3, 0.4) is 0 Å². The number of nitrogens with zero attached hydrogens (tertiary/aromatic N) is 3. The van der Waals surface area contributed by atoms with Crippen LogP contribution in [0.1, 0.15) is 29.9 Å². The van der Waals surface area contributed by atoms with Crippen molar-refractivity contribution in [3.63, 3.8) is 0 Å². The lowest BCUT2D eigenvalue weighted by Crippen LogP contribution is -2.09. The van der Waals surface area contributed by atoms with E-state index in [1.807, 2.05) is 24.5 Å². The summed E-state index contributed by atoms with van der Waals surface area (Å²) in [4.78, 5) is 8.94. The van der Waals surface area contributed by atoms with Crippen molar-refractivity contribution in [2.45, 2.75) is 32.2 Å². The quantitative estimate of drug-likeness (QED) is 0.829. The van der Waals surface area contributed by atoms with Crippen molar-refractivity contribution >= 4 is 0 Å². The number of ether oxygens (including phenoxy) is 1. The molecule has 0 spiro atoms. The van der Waals surface area contributed by atoms with E-state index in [1.165, 1.54) is 24.2 Å². The molecular weight excluding hydrogens is 226 g/mol. The van der Waals surface area contributed by atoms with Crippen molar-refractivity contribution in [1.82, 2.24) is 14.5 Å². The SMILES string of the molecule is COc1cccc(Cn2cnc3c2CCCC3)n1. The second kappa shape index (κ2) is 4.80.